The number of hydrogen-bond acceptors (Lipinski definition) is 3. The first-order chi connectivity index (χ1) is 9.08. The SMILES string of the molecule is CC1c2ccsc2CCN1C(=O)c1cc(Br)sc1Br. The molecule has 19 heavy (non-hydrogen) atoms. The highest BCUT2D eigenvalue weighted by Gasteiger charge is 2.30. The van der Waals surface area contributed by atoms with Crippen LogP contribution in [0.25, 0.3) is 0 Å². The molecule has 0 spiro atoms. The van der Waals surface area contributed by atoms with Crippen LogP contribution in [0.4, 0.5) is 0 Å². The number of carbonyl (C=O) groups is 1. The first kappa shape index (κ1) is 13.8. The maximum Gasteiger partial charge on any atom is 0.256 e. The fraction of sp³-hybridized carbons (Fsp3) is 0.308. The van der Waals surface area contributed by atoms with Crippen LogP contribution in [-0.2, 0) is 6.42 Å². The van der Waals surface area contributed by atoms with Crippen molar-refractivity contribution in [2.24, 2.45) is 0 Å². The summed E-state index contributed by atoms with van der Waals surface area (Å²) in [5.41, 5.74) is 2.05. The fourth-order valence-corrected chi connectivity index (χ4v) is 6.17. The van der Waals surface area contributed by atoms with E-state index in [1.165, 1.54) is 21.8 Å². The summed E-state index contributed by atoms with van der Waals surface area (Å²) >= 11 is 10.2. The molecule has 0 aliphatic carbocycles. The molecule has 3 rings (SSSR count). The minimum atomic E-state index is 0.109. The van der Waals surface area contributed by atoms with Crippen molar-refractivity contribution >= 4 is 60.4 Å². The Labute approximate surface area is 136 Å². The number of fused-ring (bicyclic) bond motifs is 1. The third-order valence-corrected chi connectivity index (χ3v) is 6.76. The number of hydrogen-bond donors (Lipinski definition) is 0. The van der Waals surface area contributed by atoms with E-state index >= 15 is 0 Å². The highest BCUT2D eigenvalue weighted by Crippen LogP contribution is 2.37. The van der Waals surface area contributed by atoms with Crippen LogP contribution in [0.1, 0.15) is 33.8 Å². The van der Waals surface area contributed by atoms with Gasteiger partial charge in [0.15, 0.2) is 0 Å². The zero-order valence-corrected chi connectivity index (χ0v) is 15.0. The molecule has 0 radical (unpaired) electrons. The van der Waals surface area contributed by atoms with Gasteiger partial charge in [-0.1, -0.05) is 0 Å². The molecule has 0 saturated carbocycles. The van der Waals surface area contributed by atoms with Crippen molar-refractivity contribution < 1.29 is 4.79 Å². The summed E-state index contributed by atoms with van der Waals surface area (Å²) in [6, 6.07) is 4.20. The van der Waals surface area contributed by atoms with Gasteiger partial charge in [-0.05, 0) is 68.3 Å². The van der Waals surface area contributed by atoms with Gasteiger partial charge < -0.3 is 4.90 Å². The molecular formula is C13H11Br2NOS2. The average molecular weight is 421 g/mol. The predicted octanol–water partition coefficient (Wildman–Crippen LogP) is 5.09. The molecule has 1 aliphatic heterocycles. The van der Waals surface area contributed by atoms with Crippen LogP contribution in [0, 0.1) is 0 Å². The first-order valence-corrected chi connectivity index (χ1v) is 9.18. The largest absolute Gasteiger partial charge is 0.331 e. The van der Waals surface area contributed by atoms with Gasteiger partial charge in [0, 0.05) is 11.4 Å². The molecule has 1 aliphatic rings. The van der Waals surface area contributed by atoms with Gasteiger partial charge in [0.2, 0.25) is 0 Å². The van der Waals surface area contributed by atoms with Crippen LogP contribution < -0.4 is 0 Å². The van der Waals surface area contributed by atoms with E-state index in [4.69, 9.17) is 0 Å². The van der Waals surface area contributed by atoms with Gasteiger partial charge in [0.1, 0.15) is 0 Å². The number of halogens is 2. The third kappa shape index (κ3) is 2.44. The van der Waals surface area contributed by atoms with E-state index in [2.05, 4.69) is 50.2 Å². The Balaban J connectivity index is 1.92. The molecule has 6 heteroatoms. The topological polar surface area (TPSA) is 20.3 Å². The van der Waals surface area contributed by atoms with Crippen molar-refractivity contribution in [2.75, 3.05) is 6.54 Å². The summed E-state index contributed by atoms with van der Waals surface area (Å²) in [5, 5.41) is 2.12. The van der Waals surface area contributed by atoms with Crippen molar-refractivity contribution in [3.05, 3.63) is 41.1 Å². The summed E-state index contributed by atoms with van der Waals surface area (Å²) in [5.74, 6) is 0.109. The minimum absolute atomic E-state index is 0.109. The zero-order valence-electron chi connectivity index (χ0n) is 10.2. The minimum Gasteiger partial charge on any atom is -0.331 e. The van der Waals surface area contributed by atoms with E-state index in [1.54, 1.807) is 11.3 Å². The lowest BCUT2D eigenvalue weighted by atomic mass is 10.0. The van der Waals surface area contributed by atoms with E-state index in [-0.39, 0.29) is 11.9 Å². The molecular weight excluding hydrogens is 410 g/mol. The van der Waals surface area contributed by atoms with Gasteiger partial charge in [-0.25, -0.2) is 0 Å². The van der Waals surface area contributed by atoms with Crippen LogP contribution in [-0.4, -0.2) is 17.4 Å². The molecule has 1 unspecified atom stereocenters. The Morgan fingerprint density at radius 1 is 1.47 bits per heavy atom. The van der Waals surface area contributed by atoms with Crippen LogP contribution in [0.2, 0.25) is 0 Å². The molecule has 1 amide bonds. The first-order valence-electron chi connectivity index (χ1n) is 5.90. The fourth-order valence-electron chi connectivity index (χ4n) is 2.43. The number of nitrogens with zero attached hydrogens (tertiary/aromatic N) is 1. The van der Waals surface area contributed by atoms with Gasteiger partial charge in [0.25, 0.3) is 5.91 Å². The second-order valence-electron chi connectivity index (χ2n) is 4.46. The summed E-state index contributed by atoms with van der Waals surface area (Å²) in [7, 11) is 0. The Kier molecular flexibility index (Phi) is 3.86. The Morgan fingerprint density at radius 2 is 2.26 bits per heavy atom. The molecule has 0 bridgehead atoms. The number of thiophene rings is 2. The van der Waals surface area contributed by atoms with Crippen LogP contribution in [0.15, 0.2) is 25.1 Å². The Hall–Kier alpha value is -0.170. The Bertz CT molecular complexity index is 634. The highest BCUT2D eigenvalue weighted by molar-refractivity contribution is 9.12. The average Bonchev–Trinajstić information content (AvgIpc) is 2.96. The van der Waals surface area contributed by atoms with Crippen LogP contribution in [0.5, 0.6) is 0 Å². The monoisotopic (exact) mass is 419 g/mol. The van der Waals surface area contributed by atoms with E-state index in [0.717, 1.165) is 26.1 Å². The number of amides is 1. The van der Waals surface area contributed by atoms with Crippen molar-refractivity contribution in [1.29, 1.82) is 0 Å². The van der Waals surface area contributed by atoms with E-state index in [1.807, 2.05) is 11.0 Å². The van der Waals surface area contributed by atoms with E-state index in [9.17, 15) is 4.79 Å². The number of carbonyl (C=O) groups excluding carboxylic acids is 1. The van der Waals surface area contributed by atoms with E-state index in [0.29, 0.717) is 0 Å². The lowest BCUT2D eigenvalue weighted by molar-refractivity contribution is 0.0679. The van der Waals surface area contributed by atoms with Gasteiger partial charge in [-0.3, -0.25) is 4.79 Å². The maximum absolute atomic E-state index is 12.7. The van der Waals surface area contributed by atoms with Crippen molar-refractivity contribution in [3.63, 3.8) is 0 Å². The van der Waals surface area contributed by atoms with Gasteiger partial charge in [-0.15, -0.1) is 22.7 Å². The Morgan fingerprint density at radius 3 is 2.95 bits per heavy atom. The lowest BCUT2D eigenvalue weighted by Crippen LogP contribution is -2.38. The second-order valence-corrected chi connectivity index (χ2v) is 9.21. The van der Waals surface area contributed by atoms with Crippen molar-refractivity contribution in [2.45, 2.75) is 19.4 Å². The summed E-state index contributed by atoms with van der Waals surface area (Å²) < 4.78 is 1.87. The molecule has 0 fully saturated rings. The highest BCUT2D eigenvalue weighted by atomic mass is 79.9. The maximum atomic E-state index is 12.7. The summed E-state index contributed by atoms with van der Waals surface area (Å²) in [6.07, 6.45) is 0.964. The quantitative estimate of drug-likeness (QED) is 0.628. The molecule has 0 saturated heterocycles. The molecule has 1 atom stereocenters. The normalized spacial score (nSPS) is 18.5. The second kappa shape index (κ2) is 5.31. The third-order valence-electron chi connectivity index (χ3n) is 3.43. The van der Waals surface area contributed by atoms with E-state index < -0.39 is 0 Å². The molecule has 0 aromatic carbocycles. The molecule has 0 N–H and O–H groups in total. The van der Waals surface area contributed by atoms with Crippen LogP contribution >= 0.6 is 54.5 Å². The summed E-state index contributed by atoms with van der Waals surface area (Å²) in [6.45, 7) is 2.91. The smallest absolute Gasteiger partial charge is 0.256 e. The zero-order chi connectivity index (χ0) is 13.6. The molecule has 2 aromatic heterocycles. The van der Waals surface area contributed by atoms with Gasteiger partial charge in [-0.2, -0.15) is 0 Å². The van der Waals surface area contributed by atoms with Gasteiger partial charge in [0.05, 0.1) is 19.2 Å². The summed E-state index contributed by atoms with van der Waals surface area (Å²) in [4.78, 5) is 16.0. The lowest BCUT2D eigenvalue weighted by Gasteiger charge is -2.33. The van der Waals surface area contributed by atoms with Crippen molar-refractivity contribution in [3.8, 4) is 0 Å². The molecule has 2 nitrogen and oxygen atoms in total. The van der Waals surface area contributed by atoms with Gasteiger partial charge >= 0.3 is 0 Å². The molecule has 2 aromatic rings. The van der Waals surface area contributed by atoms with Crippen molar-refractivity contribution in [1.82, 2.24) is 4.90 Å². The standard InChI is InChI=1S/C13H11Br2NOS2/c1-7-8-3-5-18-10(8)2-4-16(7)13(17)9-6-11(14)19-12(9)15/h3,5-7H,2,4H2,1H3. The van der Waals surface area contributed by atoms with Crippen LogP contribution in [0.3, 0.4) is 0 Å². The number of rotatable bonds is 1. The predicted molar refractivity (Wildman–Crippen MR) is 87.2 cm³/mol. The molecule has 3 heterocycles. The molecule has 100 valence electrons.